The van der Waals surface area contributed by atoms with Crippen molar-refractivity contribution >= 4 is 11.3 Å². The summed E-state index contributed by atoms with van der Waals surface area (Å²) in [7, 11) is 0. The van der Waals surface area contributed by atoms with Crippen molar-refractivity contribution in [1.82, 2.24) is 10.3 Å². The van der Waals surface area contributed by atoms with Crippen LogP contribution in [0.25, 0.3) is 0 Å². The molecule has 1 N–H and O–H groups in total. The van der Waals surface area contributed by atoms with Gasteiger partial charge in [-0.3, -0.25) is 0 Å². The van der Waals surface area contributed by atoms with Crippen molar-refractivity contribution in [2.75, 3.05) is 0 Å². The summed E-state index contributed by atoms with van der Waals surface area (Å²) in [6.45, 7) is 11.9. The van der Waals surface area contributed by atoms with E-state index >= 15 is 0 Å². The van der Waals surface area contributed by atoms with Crippen molar-refractivity contribution in [2.24, 2.45) is 0 Å². The Hall–Kier alpha value is -0.410. The molecule has 2 nitrogen and oxygen atoms in total. The van der Waals surface area contributed by atoms with Gasteiger partial charge >= 0.3 is 0 Å². The SMILES string of the molecule is CC(C)NCc1cnc(C(C)(C)C)s1. The molecule has 0 radical (unpaired) electrons. The lowest BCUT2D eigenvalue weighted by Crippen LogP contribution is -2.21. The largest absolute Gasteiger partial charge is 0.310 e. The van der Waals surface area contributed by atoms with Crippen molar-refractivity contribution in [1.29, 1.82) is 0 Å². The smallest absolute Gasteiger partial charge is 0.0981 e. The third-order valence-electron chi connectivity index (χ3n) is 1.88. The van der Waals surface area contributed by atoms with Crippen LogP contribution in [-0.2, 0) is 12.0 Å². The Balaban J connectivity index is 2.60. The molecule has 80 valence electrons. The third kappa shape index (κ3) is 3.39. The second-order valence-corrected chi connectivity index (χ2v) is 6.03. The van der Waals surface area contributed by atoms with Gasteiger partial charge in [-0.05, 0) is 0 Å². The summed E-state index contributed by atoms with van der Waals surface area (Å²) in [5.41, 5.74) is 0.181. The average molecular weight is 212 g/mol. The molecule has 0 saturated heterocycles. The van der Waals surface area contributed by atoms with Crippen LogP contribution in [0.4, 0.5) is 0 Å². The van der Waals surface area contributed by atoms with Gasteiger partial charge in [0.15, 0.2) is 0 Å². The van der Waals surface area contributed by atoms with E-state index in [1.807, 2.05) is 17.5 Å². The highest BCUT2D eigenvalue weighted by atomic mass is 32.1. The van der Waals surface area contributed by atoms with Crippen LogP contribution in [0.5, 0.6) is 0 Å². The fourth-order valence-electron chi connectivity index (χ4n) is 1.04. The first-order chi connectivity index (χ1) is 6.39. The third-order valence-corrected chi connectivity index (χ3v) is 3.30. The number of rotatable bonds is 3. The topological polar surface area (TPSA) is 24.9 Å². The average Bonchev–Trinajstić information content (AvgIpc) is 2.47. The predicted molar refractivity (Wildman–Crippen MR) is 62.8 cm³/mol. The lowest BCUT2D eigenvalue weighted by molar-refractivity contribution is 0.585. The number of aromatic nitrogens is 1. The molecule has 0 fully saturated rings. The molecule has 1 rings (SSSR count). The van der Waals surface area contributed by atoms with E-state index in [1.165, 1.54) is 9.88 Å². The minimum atomic E-state index is 0.181. The van der Waals surface area contributed by atoms with E-state index < -0.39 is 0 Å². The Morgan fingerprint density at radius 3 is 2.50 bits per heavy atom. The first-order valence-corrected chi connectivity index (χ1v) is 5.90. The van der Waals surface area contributed by atoms with Gasteiger partial charge < -0.3 is 5.32 Å². The van der Waals surface area contributed by atoms with Crippen molar-refractivity contribution in [3.8, 4) is 0 Å². The van der Waals surface area contributed by atoms with Gasteiger partial charge in [-0.2, -0.15) is 0 Å². The number of nitrogens with one attached hydrogen (secondary N) is 1. The highest BCUT2D eigenvalue weighted by molar-refractivity contribution is 7.11. The summed E-state index contributed by atoms with van der Waals surface area (Å²) in [6.07, 6.45) is 1.99. The molecule has 0 saturated carbocycles. The summed E-state index contributed by atoms with van der Waals surface area (Å²) < 4.78 is 0. The van der Waals surface area contributed by atoms with Gasteiger partial charge in [0.05, 0.1) is 5.01 Å². The van der Waals surface area contributed by atoms with Gasteiger partial charge in [-0.1, -0.05) is 34.6 Å². The molecule has 0 aromatic carbocycles. The van der Waals surface area contributed by atoms with Crippen LogP contribution in [0, 0.1) is 0 Å². The van der Waals surface area contributed by atoms with E-state index in [0.717, 1.165) is 6.54 Å². The van der Waals surface area contributed by atoms with Gasteiger partial charge in [0, 0.05) is 29.1 Å². The molecule has 0 unspecified atom stereocenters. The molecule has 14 heavy (non-hydrogen) atoms. The van der Waals surface area contributed by atoms with Crippen LogP contribution in [0.1, 0.15) is 44.5 Å². The quantitative estimate of drug-likeness (QED) is 0.833. The minimum Gasteiger partial charge on any atom is -0.310 e. The fourth-order valence-corrected chi connectivity index (χ4v) is 1.96. The van der Waals surface area contributed by atoms with E-state index in [2.05, 4.69) is 44.9 Å². The van der Waals surface area contributed by atoms with E-state index in [4.69, 9.17) is 0 Å². The van der Waals surface area contributed by atoms with Crippen molar-refractivity contribution < 1.29 is 0 Å². The first kappa shape index (κ1) is 11.7. The Morgan fingerprint density at radius 1 is 1.43 bits per heavy atom. The lowest BCUT2D eigenvalue weighted by Gasteiger charge is -2.13. The molecule has 0 aliphatic carbocycles. The van der Waals surface area contributed by atoms with Crippen LogP contribution in [-0.4, -0.2) is 11.0 Å². The van der Waals surface area contributed by atoms with E-state index in [1.54, 1.807) is 0 Å². The fraction of sp³-hybridized carbons (Fsp3) is 0.727. The molecule has 0 amide bonds. The Labute approximate surface area is 90.8 Å². The van der Waals surface area contributed by atoms with Crippen LogP contribution in [0.15, 0.2) is 6.20 Å². The van der Waals surface area contributed by atoms with Crippen molar-refractivity contribution in [3.05, 3.63) is 16.1 Å². The highest BCUT2D eigenvalue weighted by Gasteiger charge is 2.17. The second-order valence-electron chi connectivity index (χ2n) is 4.92. The number of nitrogens with zero attached hydrogens (tertiary/aromatic N) is 1. The summed E-state index contributed by atoms with van der Waals surface area (Å²) >= 11 is 1.81. The molecule has 1 heterocycles. The maximum atomic E-state index is 4.44. The second kappa shape index (κ2) is 4.41. The maximum Gasteiger partial charge on any atom is 0.0981 e. The molecule has 0 aliphatic rings. The highest BCUT2D eigenvalue weighted by Crippen LogP contribution is 2.26. The molecule has 3 heteroatoms. The van der Waals surface area contributed by atoms with Gasteiger partial charge in [0.25, 0.3) is 0 Å². The van der Waals surface area contributed by atoms with E-state index in [-0.39, 0.29) is 5.41 Å². The molecule has 0 bridgehead atoms. The molecule has 0 spiro atoms. The zero-order valence-corrected chi connectivity index (χ0v) is 10.5. The first-order valence-electron chi connectivity index (χ1n) is 5.08. The van der Waals surface area contributed by atoms with Gasteiger partial charge in [0.1, 0.15) is 0 Å². The zero-order chi connectivity index (χ0) is 10.8. The van der Waals surface area contributed by atoms with Crippen molar-refractivity contribution in [3.63, 3.8) is 0 Å². The maximum absolute atomic E-state index is 4.44. The monoisotopic (exact) mass is 212 g/mol. The lowest BCUT2D eigenvalue weighted by atomic mass is 9.98. The number of hydrogen-bond acceptors (Lipinski definition) is 3. The van der Waals surface area contributed by atoms with Gasteiger partial charge in [-0.15, -0.1) is 11.3 Å². The van der Waals surface area contributed by atoms with Crippen LogP contribution >= 0.6 is 11.3 Å². The van der Waals surface area contributed by atoms with Gasteiger partial charge in [-0.25, -0.2) is 4.98 Å². The summed E-state index contributed by atoms with van der Waals surface area (Å²) in [5.74, 6) is 0. The predicted octanol–water partition coefficient (Wildman–Crippen LogP) is 2.94. The molecular weight excluding hydrogens is 192 g/mol. The van der Waals surface area contributed by atoms with E-state index in [0.29, 0.717) is 6.04 Å². The Kier molecular flexibility index (Phi) is 3.67. The molecule has 1 aromatic heterocycles. The van der Waals surface area contributed by atoms with Crippen LogP contribution in [0.2, 0.25) is 0 Å². The van der Waals surface area contributed by atoms with E-state index in [9.17, 15) is 0 Å². The summed E-state index contributed by atoms with van der Waals surface area (Å²) in [6, 6.07) is 0.537. The van der Waals surface area contributed by atoms with Crippen molar-refractivity contribution in [2.45, 2.75) is 52.6 Å². The Bertz CT molecular complexity index is 284. The molecule has 1 aromatic rings. The standard InChI is InChI=1S/C11H20N2S/c1-8(2)12-6-9-7-13-10(14-9)11(3,4)5/h7-8,12H,6H2,1-5H3. The molecular formula is C11H20N2S. The molecule has 0 atom stereocenters. The summed E-state index contributed by atoms with van der Waals surface area (Å²) in [5, 5.41) is 4.62. The van der Waals surface area contributed by atoms with Crippen LogP contribution < -0.4 is 5.32 Å². The number of thiazole rings is 1. The zero-order valence-electron chi connectivity index (χ0n) is 9.72. The summed E-state index contributed by atoms with van der Waals surface area (Å²) in [4.78, 5) is 5.77. The van der Waals surface area contributed by atoms with Gasteiger partial charge in [0.2, 0.25) is 0 Å². The number of hydrogen-bond donors (Lipinski definition) is 1. The normalized spacial score (nSPS) is 12.4. The molecule has 0 aliphatic heterocycles. The van der Waals surface area contributed by atoms with Crippen LogP contribution in [0.3, 0.4) is 0 Å². The minimum absolute atomic E-state index is 0.181. The Morgan fingerprint density at radius 2 is 2.07 bits per heavy atom.